The first kappa shape index (κ1) is 15.2. The second kappa shape index (κ2) is 6.50. The van der Waals surface area contributed by atoms with Gasteiger partial charge in [0, 0.05) is 24.7 Å². The SMILES string of the molecule is Cc1ccc(CNC(C)C)cc1-c1cccc([N+](=O)[O-])c1. The van der Waals surface area contributed by atoms with Gasteiger partial charge in [-0.05, 0) is 35.2 Å². The maximum atomic E-state index is 10.9. The smallest absolute Gasteiger partial charge is 0.270 e. The van der Waals surface area contributed by atoms with Crippen molar-refractivity contribution in [2.24, 2.45) is 0 Å². The zero-order valence-electron chi connectivity index (χ0n) is 12.6. The van der Waals surface area contributed by atoms with Crippen LogP contribution in [-0.2, 0) is 6.54 Å². The summed E-state index contributed by atoms with van der Waals surface area (Å²) in [7, 11) is 0. The van der Waals surface area contributed by atoms with Crippen molar-refractivity contribution in [3.8, 4) is 11.1 Å². The third-order valence-electron chi connectivity index (χ3n) is 3.38. The van der Waals surface area contributed by atoms with Gasteiger partial charge in [-0.25, -0.2) is 0 Å². The molecule has 0 saturated heterocycles. The lowest BCUT2D eigenvalue weighted by Gasteiger charge is -2.12. The summed E-state index contributed by atoms with van der Waals surface area (Å²) in [5.74, 6) is 0. The highest BCUT2D eigenvalue weighted by molar-refractivity contribution is 5.70. The largest absolute Gasteiger partial charge is 0.310 e. The van der Waals surface area contributed by atoms with Crippen LogP contribution in [0.25, 0.3) is 11.1 Å². The van der Waals surface area contributed by atoms with Crippen LogP contribution in [0.1, 0.15) is 25.0 Å². The fourth-order valence-corrected chi connectivity index (χ4v) is 2.20. The summed E-state index contributed by atoms with van der Waals surface area (Å²) >= 11 is 0. The number of nitro groups is 1. The van der Waals surface area contributed by atoms with E-state index >= 15 is 0 Å². The van der Waals surface area contributed by atoms with Crippen LogP contribution in [0.3, 0.4) is 0 Å². The Hall–Kier alpha value is -2.20. The molecule has 1 N–H and O–H groups in total. The van der Waals surface area contributed by atoms with E-state index < -0.39 is 0 Å². The summed E-state index contributed by atoms with van der Waals surface area (Å²) in [5, 5.41) is 14.3. The lowest BCUT2D eigenvalue weighted by atomic mass is 9.97. The molecule has 4 heteroatoms. The van der Waals surface area contributed by atoms with Crippen LogP contribution in [0.5, 0.6) is 0 Å². The molecule has 110 valence electrons. The van der Waals surface area contributed by atoms with E-state index in [9.17, 15) is 10.1 Å². The third kappa shape index (κ3) is 3.89. The first-order chi connectivity index (χ1) is 9.97. The average molecular weight is 284 g/mol. The summed E-state index contributed by atoms with van der Waals surface area (Å²) in [6, 6.07) is 13.5. The van der Waals surface area contributed by atoms with Crippen LogP contribution >= 0.6 is 0 Å². The number of hydrogen-bond donors (Lipinski definition) is 1. The van der Waals surface area contributed by atoms with Gasteiger partial charge in [0.25, 0.3) is 5.69 Å². The standard InChI is InChI=1S/C17H20N2O2/c1-12(2)18-11-14-8-7-13(3)17(9-14)15-5-4-6-16(10-15)19(20)21/h4-10,12,18H,11H2,1-3H3. The second-order valence-corrected chi connectivity index (χ2v) is 5.49. The van der Waals surface area contributed by atoms with Crippen LogP contribution in [0, 0.1) is 17.0 Å². The fraction of sp³-hybridized carbons (Fsp3) is 0.294. The molecule has 0 heterocycles. The molecule has 0 aliphatic heterocycles. The summed E-state index contributed by atoms with van der Waals surface area (Å²) in [5.41, 5.74) is 4.34. The second-order valence-electron chi connectivity index (χ2n) is 5.49. The van der Waals surface area contributed by atoms with Crippen molar-refractivity contribution in [3.05, 3.63) is 63.7 Å². The molecule has 2 aromatic rings. The van der Waals surface area contributed by atoms with Gasteiger partial charge in [0.05, 0.1) is 4.92 Å². The van der Waals surface area contributed by atoms with Crippen molar-refractivity contribution >= 4 is 5.69 Å². The van der Waals surface area contributed by atoms with Crippen LogP contribution in [0.2, 0.25) is 0 Å². The molecule has 21 heavy (non-hydrogen) atoms. The van der Waals surface area contributed by atoms with Gasteiger partial charge in [-0.1, -0.05) is 38.1 Å². The molecule has 0 aliphatic rings. The molecule has 0 atom stereocenters. The van der Waals surface area contributed by atoms with Crippen LogP contribution in [0.4, 0.5) is 5.69 Å². The number of nitrogens with one attached hydrogen (secondary N) is 1. The number of nitro benzene ring substituents is 1. The molecule has 0 fully saturated rings. The molecular weight excluding hydrogens is 264 g/mol. The highest BCUT2D eigenvalue weighted by Gasteiger charge is 2.09. The Morgan fingerprint density at radius 2 is 1.95 bits per heavy atom. The first-order valence-corrected chi connectivity index (χ1v) is 7.05. The van der Waals surface area contributed by atoms with Crippen LogP contribution in [0.15, 0.2) is 42.5 Å². The number of aryl methyl sites for hydroxylation is 1. The average Bonchev–Trinajstić information content (AvgIpc) is 2.46. The normalized spacial score (nSPS) is 10.9. The highest BCUT2D eigenvalue weighted by Crippen LogP contribution is 2.27. The molecule has 0 bridgehead atoms. The zero-order valence-corrected chi connectivity index (χ0v) is 12.6. The maximum Gasteiger partial charge on any atom is 0.270 e. The minimum absolute atomic E-state index is 0.123. The van der Waals surface area contributed by atoms with E-state index in [2.05, 4.69) is 37.4 Å². The van der Waals surface area contributed by atoms with E-state index in [1.54, 1.807) is 12.1 Å². The van der Waals surface area contributed by atoms with E-state index in [1.807, 2.05) is 13.0 Å². The fourth-order valence-electron chi connectivity index (χ4n) is 2.20. The Labute approximate surface area is 125 Å². The molecule has 0 aliphatic carbocycles. The Bertz CT molecular complexity index is 651. The topological polar surface area (TPSA) is 55.2 Å². The first-order valence-electron chi connectivity index (χ1n) is 7.05. The van der Waals surface area contributed by atoms with Gasteiger partial charge in [-0.15, -0.1) is 0 Å². The molecule has 2 rings (SSSR count). The highest BCUT2D eigenvalue weighted by atomic mass is 16.6. The monoisotopic (exact) mass is 284 g/mol. The quantitative estimate of drug-likeness (QED) is 0.665. The van der Waals surface area contributed by atoms with Gasteiger partial charge < -0.3 is 5.32 Å². The molecule has 4 nitrogen and oxygen atoms in total. The minimum Gasteiger partial charge on any atom is -0.310 e. The van der Waals surface area contributed by atoms with Crippen LogP contribution < -0.4 is 5.32 Å². The lowest BCUT2D eigenvalue weighted by Crippen LogP contribution is -2.21. The predicted molar refractivity (Wildman–Crippen MR) is 85.2 cm³/mol. The molecule has 0 unspecified atom stereocenters. The molecule has 0 spiro atoms. The number of rotatable bonds is 5. The van der Waals surface area contributed by atoms with E-state index in [-0.39, 0.29) is 10.6 Å². The third-order valence-corrected chi connectivity index (χ3v) is 3.38. The summed E-state index contributed by atoms with van der Waals surface area (Å²) in [4.78, 5) is 10.6. The Morgan fingerprint density at radius 1 is 1.19 bits per heavy atom. The summed E-state index contributed by atoms with van der Waals surface area (Å²) < 4.78 is 0. The zero-order chi connectivity index (χ0) is 15.4. The lowest BCUT2D eigenvalue weighted by molar-refractivity contribution is -0.384. The number of non-ortho nitro benzene ring substituents is 1. The van der Waals surface area contributed by atoms with Crippen molar-refractivity contribution in [1.29, 1.82) is 0 Å². The molecule has 2 aromatic carbocycles. The Balaban J connectivity index is 2.36. The Kier molecular flexibility index (Phi) is 4.70. The maximum absolute atomic E-state index is 10.9. The Morgan fingerprint density at radius 3 is 2.62 bits per heavy atom. The van der Waals surface area contributed by atoms with Gasteiger partial charge in [0.1, 0.15) is 0 Å². The molecular formula is C17H20N2O2. The number of hydrogen-bond acceptors (Lipinski definition) is 3. The van der Waals surface area contributed by atoms with E-state index in [4.69, 9.17) is 0 Å². The number of nitrogens with zero attached hydrogens (tertiary/aromatic N) is 1. The molecule has 0 radical (unpaired) electrons. The molecule has 0 aromatic heterocycles. The van der Waals surface area contributed by atoms with E-state index in [0.717, 1.165) is 23.2 Å². The predicted octanol–water partition coefficient (Wildman–Crippen LogP) is 4.07. The van der Waals surface area contributed by atoms with Gasteiger partial charge >= 0.3 is 0 Å². The van der Waals surface area contributed by atoms with E-state index in [0.29, 0.717) is 6.04 Å². The van der Waals surface area contributed by atoms with Crippen molar-refractivity contribution in [2.75, 3.05) is 0 Å². The van der Waals surface area contributed by atoms with Gasteiger partial charge in [-0.2, -0.15) is 0 Å². The summed E-state index contributed by atoms with van der Waals surface area (Å²) in [6.07, 6.45) is 0. The van der Waals surface area contributed by atoms with Gasteiger partial charge in [-0.3, -0.25) is 10.1 Å². The van der Waals surface area contributed by atoms with Crippen molar-refractivity contribution in [3.63, 3.8) is 0 Å². The van der Waals surface area contributed by atoms with E-state index in [1.165, 1.54) is 11.6 Å². The molecule has 0 saturated carbocycles. The van der Waals surface area contributed by atoms with Crippen molar-refractivity contribution < 1.29 is 4.92 Å². The van der Waals surface area contributed by atoms with Gasteiger partial charge in [0.2, 0.25) is 0 Å². The summed E-state index contributed by atoms with van der Waals surface area (Å²) in [6.45, 7) is 7.03. The number of benzene rings is 2. The minimum atomic E-state index is -0.358. The van der Waals surface area contributed by atoms with Crippen molar-refractivity contribution in [1.82, 2.24) is 5.32 Å². The van der Waals surface area contributed by atoms with Gasteiger partial charge in [0.15, 0.2) is 0 Å². The van der Waals surface area contributed by atoms with Crippen LogP contribution in [-0.4, -0.2) is 11.0 Å². The van der Waals surface area contributed by atoms with Crippen molar-refractivity contribution in [2.45, 2.75) is 33.4 Å². The molecule has 0 amide bonds.